The number of fused-ring (bicyclic) bond motifs is 1. The fourth-order valence-corrected chi connectivity index (χ4v) is 1.42. The molecule has 1 atom stereocenters. The van der Waals surface area contributed by atoms with Gasteiger partial charge in [0, 0.05) is 5.56 Å². The maximum atomic E-state index is 9.44. The summed E-state index contributed by atoms with van der Waals surface area (Å²) in [6.07, 6.45) is -0.511. The number of aromatic nitrogens is 2. The number of para-hydroxylation sites is 1. The number of nitrogen functional groups attached to an aromatic ring is 1. The first-order valence-corrected chi connectivity index (χ1v) is 4.10. The average molecular weight is 177 g/mol. The summed E-state index contributed by atoms with van der Waals surface area (Å²) in [5, 5.41) is 9.44. The zero-order chi connectivity index (χ0) is 9.42. The van der Waals surface area contributed by atoms with E-state index in [9.17, 15) is 5.11 Å². The maximum absolute atomic E-state index is 9.44. The van der Waals surface area contributed by atoms with Crippen LogP contribution in [0.25, 0.3) is 11.0 Å². The number of nitrogens with zero attached hydrogens (tertiary/aromatic N) is 1. The van der Waals surface area contributed by atoms with Gasteiger partial charge in [-0.3, -0.25) is 0 Å². The smallest absolute Gasteiger partial charge is 0.198 e. The first-order chi connectivity index (χ1) is 6.18. The summed E-state index contributed by atoms with van der Waals surface area (Å²) in [6, 6.07) is 5.56. The van der Waals surface area contributed by atoms with Gasteiger partial charge >= 0.3 is 0 Å². The molecule has 1 heterocycles. The fraction of sp³-hybridized carbons (Fsp3) is 0.222. The summed E-state index contributed by atoms with van der Waals surface area (Å²) < 4.78 is 0. The molecule has 0 radical (unpaired) electrons. The molecule has 4 N–H and O–H groups in total. The van der Waals surface area contributed by atoms with Crippen LogP contribution in [0.15, 0.2) is 18.2 Å². The molecule has 0 aliphatic heterocycles. The van der Waals surface area contributed by atoms with E-state index in [4.69, 9.17) is 5.73 Å². The molecule has 0 saturated carbocycles. The number of nitrogens with two attached hydrogens (primary N) is 1. The molecular formula is C9H11N3O. The number of benzene rings is 1. The van der Waals surface area contributed by atoms with Gasteiger partial charge in [-0.05, 0) is 13.0 Å². The Morgan fingerprint density at radius 2 is 2.31 bits per heavy atom. The van der Waals surface area contributed by atoms with Gasteiger partial charge in [-0.25, -0.2) is 4.98 Å². The molecule has 0 saturated heterocycles. The van der Waals surface area contributed by atoms with E-state index in [0.29, 0.717) is 5.95 Å². The van der Waals surface area contributed by atoms with Crippen LogP contribution in [0.2, 0.25) is 0 Å². The van der Waals surface area contributed by atoms with E-state index in [2.05, 4.69) is 9.97 Å². The van der Waals surface area contributed by atoms with Gasteiger partial charge in [-0.1, -0.05) is 12.1 Å². The van der Waals surface area contributed by atoms with Crippen molar-refractivity contribution < 1.29 is 5.11 Å². The average Bonchev–Trinajstić information content (AvgIpc) is 2.43. The molecule has 13 heavy (non-hydrogen) atoms. The van der Waals surface area contributed by atoms with E-state index in [-0.39, 0.29) is 0 Å². The number of aromatic amines is 1. The summed E-state index contributed by atoms with van der Waals surface area (Å²) in [4.78, 5) is 6.98. The number of hydrogen-bond donors (Lipinski definition) is 3. The van der Waals surface area contributed by atoms with E-state index in [0.717, 1.165) is 16.6 Å². The molecule has 1 aromatic carbocycles. The lowest BCUT2D eigenvalue weighted by Gasteiger charge is -2.04. The molecule has 0 spiro atoms. The van der Waals surface area contributed by atoms with Crippen molar-refractivity contribution in [3.63, 3.8) is 0 Å². The number of imidazole rings is 1. The Hall–Kier alpha value is -1.55. The second-order valence-corrected chi connectivity index (χ2v) is 3.04. The molecular weight excluding hydrogens is 166 g/mol. The van der Waals surface area contributed by atoms with Crippen molar-refractivity contribution in [1.82, 2.24) is 9.97 Å². The highest BCUT2D eigenvalue weighted by atomic mass is 16.3. The van der Waals surface area contributed by atoms with Crippen LogP contribution in [0, 0.1) is 0 Å². The van der Waals surface area contributed by atoms with Gasteiger partial charge in [0.1, 0.15) is 0 Å². The predicted molar refractivity (Wildman–Crippen MR) is 51.1 cm³/mol. The van der Waals surface area contributed by atoms with Crippen molar-refractivity contribution in [2.24, 2.45) is 0 Å². The third-order valence-electron chi connectivity index (χ3n) is 2.02. The molecule has 0 aliphatic rings. The lowest BCUT2D eigenvalue weighted by Crippen LogP contribution is -1.92. The zero-order valence-electron chi connectivity index (χ0n) is 7.28. The predicted octanol–water partition coefficient (Wildman–Crippen LogP) is 1.20. The second kappa shape index (κ2) is 2.74. The largest absolute Gasteiger partial charge is 0.389 e. The number of H-pyrrole nitrogens is 1. The second-order valence-electron chi connectivity index (χ2n) is 3.04. The van der Waals surface area contributed by atoms with Gasteiger partial charge in [0.25, 0.3) is 0 Å². The maximum Gasteiger partial charge on any atom is 0.198 e. The monoisotopic (exact) mass is 177 g/mol. The van der Waals surface area contributed by atoms with Gasteiger partial charge in [0.15, 0.2) is 5.95 Å². The van der Waals surface area contributed by atoms with Gasteiger partial charge in [0.2, 0.25) is 0 Å². The number of anilines is 1. The summed E-state index contributed by atoms with van der Waals surface area (Å²) in [5.41, 5.74) is 7.94. The first-order valence-electron chi connectivity index (χ1n) is 4.10. The molecule has 68 valence electrons. The standard InChI is InChI=1S/C9H11N3O/c1-5(13)6-3-2-4-7-8(6)12-9(10)11-7/h2-5,13H,1H3,(H3,10,11,12). The summed E-state index contributed by atoms with van der Waals surface area (Å²) >= 11 is 0. The molecule has 4 nitrogen and oxygen atoms in total. The highest BCUT2D eigenvalue weighted by Crippen LogP contribution is 2.22. The number of aliphatic hydroxyl groups is 1. The molecule has 2 rings (SSSR count). The van der Waals surface area contributed by atoms with Crippen LogP contribution >= 0.6 is 0 Å². The highest BCUT2D eigenvalue weighted by Gasteiger charge is 2.08. The number of hydrogen-bond acceptors (Lipinski definition) is 3. The van der Waals surface area contributed by atoms with E-state index in [1.165, 1.54) is 0 Å². The number of nitrogens with one attached hydrogen (secondary N) is 1. The van der Waals surface area contributed by atoms with Crippen molar-refractivity contribution in [2.75, 3.05) is 5.73 Å². The molecule has 1 unspecified atom stereocenters. The van der Waals surface area contributed by atoms with Crippen molar-refractivity contribution in [1.29, 1.82) is 0 Å². The first kappa shape index (κ1) is 8.07. The minimum atomic E-state index is -0.511. The molecule has 2 aromatic rings. The lowest BCUT2D eigenvalue weighted by molar-refractivity contribution is 0.200. The molecule has 0 bridgehead atoms. The van der Waals surface area contributed by atoms with Gasteiger partial charge < -0.3 is 15.8 Å². The van der Waals surface area contributed by atoms with Crippen molar-refractivity contribution in [3.8, 4) is 0 Å². The van der Waals surface area contributed by atoms with Gasteiger partial charge in [-0.15, -0.1) is 0 Å². The molecule has 0 aliphatic carbocycles. The van der Waals surface area contributed by atoms with Crippen LogP contribution in [0.3, 0.4) is 0 Å². The SMILES string of the molecule is CC(O)c1cccc2nc(N)[nH]c12. The third-order valence-corrected chi connectivity index (χ3v) is 2.02. The number of rotatable bonds is 1. The normalized spacial score (nSPS) is 13.4. The summed E-state index contributed by atoms with van der Waals surface area (Å²) in [5.74, 6) is 0.378. The Balaban J connectivity index is 2.75. The van der Waals surface area contributed by atoms with Crippen molar-refractivity contribution >= 4 is 17.0 Å². The van der Waals surface area contributed by atoms with Crippen molar-refractivity contribution in [2.45, 2.75) is 13.0 Å². The minimum absolute atomic E-state index is 0.378. The van der Waals surface area contributed by atoms with E-state index in [1.54, 1.807) is 6.92 Å². The third kappa shape index (κ3) is 1.25. The molecule has 1 aromatic heterocycles. The lowest BCUT2D eigenvalue weighted by atomic mass is 10.1. The molecule has 0 amide bonds. The Morgan fingerprint density at radius 3 is 3.00 bits per heavy atom. The zero-order valence-corrected chi connectivity index (χ0v) is 7.28. The van der Waals surface area contributed by atoms with Crippen LogP contribution in [-0.4, -0.2) is 15.1 Å². The summed E-state index contributed by atoms with van der Waals surface area (Å²) in [7, 11) is 0. The Morgan fingerprint density at radius 1 is 1.54 bits per heavy atom. The molecule has 4 heteroatoms. The Labute approximate surface area is 75.4 Å². The Bertz CT molecular complexity index is 433. The van der Waals surface area contributed by atoms with Gasteiger partial charge in [-0.2, -0.15) is 0 Å². The highest BCUT2D eigenvalue weighted by molar-refractivity contribution is 5.80. The quantitative estimate of drug-likeness (QED) is 0.612. The van der Waals surface area contributed by atoms with E-state index >= 15 is 0 Å². The van der Waals surface area contributed by atoms with Crippen LogP contribution < -0.4 is 5.73 Å². The fourth-order valence-electron chi connectivity index (χ4n) is 1.42. The topological polar surface area (TPSA) is 74.9 Å². The van der Waals surface area contributed by atoms with Crippen LogP contribution in [0.4, 0.5) is 5.95 Å². The Kier molecular flexibility index (Phi) is 1.70. The van der Waals surface area contributed by atoms with Crippen LogP contribution in [0.1, 0.15) is 18.6 Å². The van der Waals surface area contributed by atoms with Crippen LogP contribution in [0.5, 0.6) is 0 Å². The van der Waals surface area contributed by atoms with E-state index < -0.39 is 6.10 Å². The summed E-state index contributed by atoms with van der Waals surface area (Å²) in [6.45, 7) is 1.71. The van der Waals surface area contributed by atoms with Crippen molar-refractivity contribution in [3.05, 3.63) is 23.8 Å². The van der Waals surface area contributed by atoms with Gasteiger partial charge in [0.05, 0.1) is 17.1 Å². The number of aliphatic hydroxyl groups excluding tert-OH is 1. The van der Waals surface area contributed by atoms with Crippen LogP contribution in [-0.2, 0) is 0 Å². The van der Waals surface area contributed by atoms with E-state index in [1.807, 2.05) is 18.2 Å². The minimum Gasteiger partial charge on any atom is -0.389 e. The molecule has 0 fully saturated rings.